The van der Waals surface area contributed by atoms with Crippen molar-refractivity contribution in [1.82, 2.24) is 31.0 Å². The molecule has 6 rings (SSSR count). The van der Waals surface area contributed by atoms with Gasteiger partial charge in [-0.3, -0.25) is 0 Å². The molecule has 0 unspecified atom stereocenters. The van der Waals surface area contributed by atoms with Crippen LogP contribution in [0, 0.1) is 0 Å². The summed E-state index contributed by atoms with van der Waals surface area (Å²) in [6, 6.07) is 3.62. The van der Waals surface area contributed by atoms with Gasteiger partial charge < -0.3 is 22.1 Å². The molecule has 2 saturated heterocycles. The van der Waals surface area contributed by atoms with Gasteiger partial charge in [0.25, 0.3) is 0 Å². The lowest BCUT2D eigenvalue weighted by Gasteiger charge is -2.08. The van der Waals surface area contributed by atoms with E-state index < -0.39 is 0 Å². The number of rotatable bonds is 2. The lowest BCUT2D eigenvalue weighted by atomic mass is 10.2. The van der Waals surface area contributed by atoms with Crippen molar-refractivity contribution in [2.45, 2.75) is 89.9 Å². The Bertz CT molecular complexity index is 772. The van der Waals surface area contributed by atoms with Crippen molar-refractivity contribution in [3.8, 4) is 0 Å². The molecule has 0 amide bonds. The van der Waals surface area contributed by atoms with Gasteiger partial charge in [0.1, 0.15) is 11.6 Å². The number of hydrogen-bond donors (Lipinski definition) is 4. The maximum atomic E-state index is 5.80. The minimum Gasteiger partial charge on any atom is -0.382 e. The number of nitrogen functional groups attached to an aromatic ring is 2. The normalized spacial score (nSPS) is 18.4. The van der Waals surface area contributed by atoms with Crippen LogP contribution in [0.1, 0.15) is 101 Å². The second-order valence-electron chi connectivity index (χ2n) is 9.19. The van der Waals surface area contributed by atoms with E-state index in [-0.39, 0.29) is 0 Å². The lowest BCUT2D eigenvalue weighted by molar-refractivity contribution is 0.520. The minimum atomic E-state index is 0.432. The van der Waals surface area contributed by atoms with Gasteiger partial charge in [-0.15, -0.1) is 20.4 Å². The average Bonchev–Trinajstić information content (AvgIpc) is 3.85. The zero-order valence-electron chi connectivity index (χ0n) is 21.9. The molecule has 10 heteroatoms. The zero-order valence-corrected chi connectivity index (χ0v) is 23.4. The summed E-state index contributed by atoms with van der Waals surface area (Å²) in [4.78, 5) is 0. The summed E-state index contributed by atoms with van der Waals surface area (Å²) in [5.74, 6) is 2.15. The van der Waals surface area contributed by atoms with Crippen LogP contribution in [0.2, 0.25) is 10.3 Å². The average molecular weight is 540 g/mol. The van der Waals surface area contributed by atoms with Gasteiger partial charge in [-0.2, -0.15) is 0 Å². The number of piperidine rings is 2. The van der Waals surface area contributed by atoms with Crippen molar-refractivity contribution < 1.29 is 0 Å². The number of anilines is 2. The number of nitrogens with one attached hydrogen (secondary N) is 2. The smallest absolute Gasteiger partial charge is 0.155 e. The Morgan fingerprint density at radius 2 is 1.17 bits per heavy atom. The molecule has 4 aliphatic rings. The molecule has 2 aliphatic heterocycles. The molecule has 36 heavy (non-hydrogen) atoms. The highest BCUT2D eigenvalue weighted by Crippen LogP contribution is 2.43. The highest BCUT2D eigenvalue weighted by Gasteiger charge is 2.27. The third-order valence-corrected chi connectivity index (χ3v) is 6.55. The van der Waals surface area contributed by atoms with Gasteiger partial charge in [0.05, 0.1) is 0 Å². The first-order valence-electron chi connectivity index (χ1n) is 13.5. The topological polar surface area (TPSA) is 128 Å². The number of hydrogen-bond acceptors (Lipinski definition) is 8. The van der Waals surface area contributed by atoms with Crippen LogP contribution in [0.15, 0.2) is 12.1 Å². The first-order chi connectivity index (χ1) is 17.5. The van der Waals surface area contributed by atoms with E-state index in [9.17, 15) is 0 Å². The molecule has 0 aromatic carbocycles. The first kappa shape index (κ1) is 30.5. The van der Waals surface area contributed by atoms with Gasteiger partial charge in [-0.1, -0.05) is 49.9 Å². The van der Waals surface area contributed by atoms with Crippen molar-refractivity contribution in [1.29, 1.82) is 0 Å². The standard InChI is InChI=1S/2C7H8ClN3.2C5H11N.C2H6/c8-7-5(4-1-2-4)3-6(9)10-11-7;8-6-3-5(4-1-2-4)7(9)11-10-6;2*1-2-4-6-5-3-1;1-2/h3-4H,1-2H2,(H2,9,10);3-4H,1-2H2,(H2,9,11);2*6H,1-5H2;1-2H3. The SMILES string of the molecule is C1CCNCC1.C1CCNCC1.CC.Nc1cc(C2CC2)c(Cl)nn1.Nc1nnc(Cl)cc1C1CC1. The van der Waals surface area contributed by atoms with E-state index in [2.05, 4.69) is 31.0 Å². The number of nitrogens with two attached hydrogens (primary N) is 2. The molecule has 202 valence electrons. The van der Waals surface area contributed by atoms with Gasteiger partial charge in [0.2, 0.25) is 0 Å². The summed E-state index contributed by atoms with van der Waals surface area (Å²) in [5, 5.41) is 22.3. The largest absolute Gasteiger partial charge is 0.382 e. The maximum Gasteiger partial charge on any atom is 0.155 e. The first-order valence-corrected chi connectivity index (χ1v) is 14.3. The number of halogens is 2. The summed E-state index contributed by atoms with van der Waals surface area (Å²) in [6.45, 7) is 9.00. The predicted molar refractivity (Wildman–Crippen MR) is 152 cm³/mol. The van der Waals surface area contributed by atoms with Crippen LogP contribution in [-0.2, 0) is 0 Å². The van der Waals surface area contributed by atoms with Crippen LogP contribution in [0.3, 0.4) is 0 Å². The fourth-order valence-electron chi connectivity index (χ4n) is 3.80. The Morgan fingerprint density at radius 1 is 0.667 bits per heavy atom. The van der Waals surface area contributed by atoms with Gasteiger partial charge in [0, 0.05) is 5.56 Å². The molecule has 8 nitrogen and oxygen atoms in total. The van der Waals surface area contributed by atoms with Gasteiger partial charge in [-0.25, -0.2) is 0 Å². The molecule has 0 radical (unpaired) electrons. The molecule has 2 aromatic heterocycles. The number of nitrogens with zero attached hydrogens (tertiary/aromatic N) is 4. The van der Waals surface area contributed by atoms with Crippen molar-refractivity contribution in [3.63, 3.8) is 0 Å². The second kappa shape index (κ2) is 17.7. The molecule has 4 heterocycles. The van der Waals surface area contributed by atoms with Crippen molar-refractivity contribution >= 4 is 34.8 Å². The summed E-state index contributed by atoms with van der Waals surface area (Å²) >= 11 is 11.5. The van der Waals surface area contributed by atoms with Gasteiger partial charge in [-0.05, 0) is 107 Å². The summed E-state index contributed by atoms with van der Waals surface area (Å²) in [6.07, 6.45) is 13.2. The molecule has 2 saturated carbocycles. The molecular formula is C26H44Cl2N8. The van der Waals surface area contributed by atoms with Crippen LogP contribution in [0.4, 0.5) is 11.6 Å². The quantitative estimate of drug-likeness (QED) is 0.381. The fourth-order valence-corrected chi connectivity index (χ4v) is 4.21. The summed E-state index contributed by atoms with van der Waals surface area (Å²) in [7, 11) is 0. The molecular weight excluding hydrogens is 495 g/mol. The zero-order chi connectivity index (χ0) is 26.2. The summed E-state index contributed by atoms with van der Waals surface area (Å²) in [5.41, 5.74) is 13.2. The van der Waals surface area contributed by atoms with E-state index >= 15 is 0 Å². The Balaban J connectivity index is 0.000000171. The Labute approximate surface area is 226 Å². The third kappa shape index (κ3) is 12.5. The molecule has 6 N–H and O–H groups in total. The molecule has 0 atom stereocenters. The Morgan fingerprint density at radius 3 is 1.58 bits per heavy atom. The molecule has 2 aromatic rings. The highest BCUT2D eigenvalue weighted by molar-refractivity contribution is 6.30. The Hall–Kier alpha value is -1.74. The van der Waals surface area contributed by atoms with E-state index in [0.29, 0.717) is 33.8 Å². The van der Waals surface area contributed by atoms with Crippen molar-refractivity contribution in [2.24, 2.45) is 0 Å². The maximum absolute atomic E-state index is 5.80. The number of aromatic nitrogens is 4. The van der Waals surface area contributed by atoms with E-state index in [0.717, 1.165) is 11.1 Å². The molecule has 0 spiro atoms. The Kier molecular flexibility index (Phi) is 15.0. The van der Waals surface area contributed by atoms with E-state index in [1.54, 1.807) is 0 Å². The fraction of sp³-hybridized carbons (Fsp3) is 0.692. The monoisotopic (exact) mass is 538 g/mol. The molecule has 4 fully saturated rings. The molecule has 2 aliphatic carbocycles. The van der Waals surface area contributed by atoms with Crippen LogP contribution in [-0.4, -0.2) is 46.6 Å². The summed E-state index contributed by atoms with van der Waals surface area (Å²) < 4.78 is 0. The van der Waals surface area contributed by atoms with Crippen LogP contribution >= 0.6 is 23.2 Å². The lowest BCUT2D eigenvalue weighted by Crippen LogP contribution is -2.21. The molecule has 0 bridgehead atoms. The van der Waals surface area contributed by atoms with Gasteiger partial charge in [0.15, 0.2) is 10.3 Å². The third-order valence-electron chi connectivity index (χ3n) is 6.07. The van der Waals surface area contributed by atoms with E-state index in [1.807, 2.05) is 26.0 Å². The van der Waals surface area contributed by atoms with E-state index in [4.69, 9.17) is 34.7 Å². The van der Waals surface area contributed by atoms with Crippen LogP contribution < -0.4 is 22.1 Å². The van der Waals surface area contributed by atoms with E-state index in [1.165, 1.54) is 90.4 Å². The van der Waals surface area contributed by atoms with Gasteiger partial charge >= 0.3 is 0 Å². The van der Waals surface area contributed by atoms with Crippen molar-refractivity contribution in [3.05, 3.63) is 33.6 Å². The minimum absolute atomic E-state index is 0.432. The van der Waals surface area contributed by atoms with Crippen LogP contribution in [0.5, 0.6) is 0 Å². The highest BCUT2D eigenvalue weighted by atomic mass is 35.5. The van der Waals surface area contributed by atoms with Crippen molar-refractivity contribution in [2.75, 3.05) is 37.6 Å². The second-order valence-corrected chi connectivity index (χ2v) is 9.94. The van der Waals surface area contributed by atoms with Crippen LogP contribution in [0.25, 0.3) is 0 Å². The predicted octanol–water partition coefficient (Wildman–Crippen LogP) is 5.73.